The highest BCUT2D eigenvalue weighted by Crippen LogP contribution is 2.11. The summed E-state index contributed by atoms with van der Waals surface area (Å²) in [6.45, 7) is 1.67. The smallest absolute Gasteiger partial charge is 0.240 e. The number of ether oxygens (including phenoxy) is 1. The molecule has 0 aliphatic heterocycles. The molecule has 2 aromatic rings. The summed E-state index contributed by atoms with van der Waals surface area (Å²) in [7, 11) is -0.345. The molecule has 0 saturated carbocycles. The van der Waals surface area contributed by atoms with E-state index in [1.807, 2.05) is 18.2 Å². The van der Waals surface area contributed by atoms with E-state index in [1.54, 1.807) is 31.5 Å². The van der Waals surface area contributed by atoms with Crippen LogP contribution in [-0.4, -0.2) is 48.2 Å². The van der Waals surface area contributed by atoms with Gasteiger partial charge in [0.15, 0.2) is 5.96 Å². The van der Waals surface area contributed by atoms with Crippen molar-refractivity contribution in [2.75, 3.05) is 33.9 Å². The second-order valence-corrected chi connectivity index (χ2v) is 7.49. The van der Waals surface area contributed by atoms with Gasteiger partial charge in [-0.05, 0) is 29.8 Å². The van der Waals surface area contributed by atoms with Gasteiger partial charge >= 0.3 is 0 Å². The van der Waals surface area contributed by atoms with Gasteiger partial charge in [-0.15, -0.1) is 24.0 Å². The van der Waals surface area contributed by atoms with E-state index in [0.717, 1.165) is 17.7 Å². The van der Waals surface area contributed by atoms with Crippen LogP contribution in [0.1, 0.15) is 11.3 Å². The Labute approximate surface area is 183 Å². The lowest BCUT2D eigenvalue weighted by atomic mass is 10.2. The first-order valence-corrected chi connectivity index (χ1v) is 10.1. The van der Waals surface area contributed by atoms with Crippen molar-refractivity contribution >= 4 is 40.0 Å². The zero-order valence-electron chi connectivity index (χ0n) is 16.0. The molecule has 0 aliphatic carbocycles. The molecule has 0 atom stereocenters. The highest BCUT2D eigenvalue weighted by atomic mass is 127. The molecule has 3 N–H and O–H groups in total. The van der Waals surface area contributed by atoms with E-state index in [1.165, 1.54) is 7.11 Å². The summed E-state index contributed by atoms with van der Waals surface area (Å²) in [6.07, 6.45) is 2.39. The summed E-state index contributed by atoms with van der Waals surface area (Å²) < 4.78 is 37.2. The minimum Gasteiger partial charge on any atom is -0.469 e. The molecule has 1 aromatic carbocycles. The molecule has 1 aromatic heterocycles. The third-order valence-electron chi connectivity index (χ3n) is 3.73. The highest BCUT2D eigenvalue weighted by molar-refractivity contribution is 14.0. The molecule has 0 fully saturated rings. The van der Waals surface area contributed by atoms with Gasteiger partial charge in [-0.25, -0.2) is 13.1 Å². The molecule has 10 heteroatoms. The van der Waals surface area contributed by atoms with Crippen molar-refractivity contribution in [1.29, 1.82) is 0 Å². The maximum Gasteiger partial charge on any atom is 0.240 e. The van der Waals surface area contributed by atoms with E-state index < -0.39 is 10.0 Å². The third kappa shape index (κ3) is 8.17. The van der Waals surface area contributed by atoms with E-state index in [2.05, 4.69) is 20.3 Å². The van der Waals surface area contributed by atoms with Crippen LogP contribution in [0.4, 0.5) is 0 Å². The van der Waals surface area contributed by atoms with Crippen LogP contribution in [0.5, 0.6) is 0 Å². The molecule has 1 heterocycles. The van der Waals surface area contributed by atoms with Gasteiger partial charge in [0.05, 0.1) is 17.8 Å². The minimum atomic E-state index is -3.55. The Kier molecular flexibility index (Phi) is 11.1. The number of furan rings is 1. The molecule has 28 heavy (non-hydrogen) atoms. The van der Waals surface area contributed by atoms with E-state index in [4.69, 9.17) is 9.15 Å². The number of hydrogen-bond acceptors (Lipinski definition) is 5. The monoisotopic (exact) mass is 522 g/mol. The summed E-state index contributed by atoms with van der Waals surface area (Å²) >= 11 is 0. The van der Waals surface area contributed by atoms with Crippen LogP contribution in [0, 0.1) is 0 Å². The summed E-state index contributed by atoms with van der Waals surface area (Å²) in [5.41, 5.74) is 0.832. The number of methoxy groups -OCH3 is 1. The SMILES string of the molecule is CN=C(NCCc1ccco1)NCc1cccc(S(=O)(=O)NCCOC)c1.I. The van der Waals surface area contributed by atoms with Gasteiger partial charge in [-0.2, -0.15) is 0 Å². The van der Waals surface area contributed by atoms with Crippen molar-refractivity contribution in [1.82, 2.24) is 15.4 Å². The molecule has 0 spiro atoms. The van der Waals surface area contributed by atoms with Crippen LogP contribution < -0.4 is 15.4 Å². The summed E-state index contributed by atoms with van der Waals surface area (Å²) in [5.74, 6) is 1.53. The van der Waals surface area contributed by atoms with Crippen LogP contribution in [0.3, 0.4) is 0 Å². The standard InChI is InChI=1S/C18H26N4O4S.HI/c1-19-18(20-9-8-16-6-4-11-26-16)21-14-15-5-3-7-17(13-15)27(23,24)22-10-12-25-2;/h3-7,11,13,22H,8-10,12,14H2,1-2H3,(H2,19,20,21);1H. The average Bonchev–Trinajstić information content (AvgIpc) is 3.18. The van der Waals surface area contributed by atoms with Gasteiger partial charge in [0.2, 0.25) is 10.0 Å². The molecule has 0 amide bonds. The zero-order valence-corrected chi connectivity index (χ0v) is 19.1. The Morgan fingerprint density at radius 3 is 2.68 bits per heavy atom. The van der Waals surface area contributed by atoms with Gasteiger partial charge in [-0.3, -0.25) is 4.99 Å². The minimum absolute atomic E-state index is 0. The molecular formula is C18H27IN4O4S. The van der Waals surface area contributed by atoms with Crippen molar-refractivity contribution in [3.05, 3.63) is 54.0 Å². The number of rotatable bonds is 10. The quantitative estimate of drug-likeness (QED) is 0.190. The topological polar surface area (TPSA) is 105 Å². The fraction of sp³-hybridized carbons (Fsp3) is 0.389. The van der Waals surface area contributed by atoms with Crippen molar-refractivity contribution < 1.29 is 17.6 Å². The number of sulfonamides is 1. The van der Waals surface area contributed by atoms with Crippen LogP contribution in [0.2, 0.25) is 0 Å². The lowest BCUT2D eigenvalue weighted by Crippen LogP contribution is -2.37. The van der Waals surface area contributed by atoms with Gasteiger partial charge in [0.1, 0.15) is 5.76 Å². The molecular weight excluding hydrogens is 495 g/mol. The second-order valence-electron chi connectivity index (χ2n) is 5.72. The number of hydrogen-bond donors (Lipinski definition) is 3. The summed E-state index contributed by atoms with van der Waals surface area (Å²) in [5, 5.41) is 6.36. The molecule has 2 rings (SSSR count). The molecule has 0 bridgehead atoms. The van der Waals surface area contributed by atoms with Gasteiger partial charge in [-0.1, -0.05) is 12.1 Å². The number of aliphatic imine (C=N–C) groups is 1. The largest absolute Gasteiger partial charge is 0.469 e. The van der Waals surface area contributed by atoms with E-state index in [-0.39, 0.29) is 35.4 Å². The number of nitrogens with one attached hydrogen (secondary N) is 3. The van der Waals surface area contributed by atoms with Crippen LogP contribution in [0.15, 0.2) is 57.0 Å². The first-order chi connectivity index (χ1) is 13.0. The molecule has 0 radical (unpaired) electrons. The summed E-state index contributed by atoms with van der Waals surface area (Å²) in [4.78, 5) is 4.38. The lowest BCUT2D eigenvalue weighted by molar-refractivity contribution is 0.204. The number of guanidine groups is 1. The molecule has 0 aliphatic rings. The van der Waals surface area contributed by atoms with Gasteiger partial charge < -0.3 is 19.8 Å². The third-order valence-corrected chi connectivity index (χ3v) is 5.19. The van der Waals surface area contributed by atoms with Crippen LogP contribution in [-0.2, 0) is 27.7 Å². The number of benzene rings is 1. The van der Waals surface area contributed by atoms with E-state index >= 15 is 0 Å². The molecule has 8 nitrogen and oxygen atoms in total. The zero-order chi connectivity index (χ0) is 19.5. The normalized spacial score (nSPS) is 11.7. The average molecular weight is 522 g/mol. The predicted octanol–water partition coefficient (Wildman–Crippen LogP) is 1.73. The first-order valence-electron chi connectivity index (χ1n) is 8.59. The van der Waals surface area contributed by atoms with E-state index in [9.17, 15) is 8.42 Å². The van der Waals surface area contributed by atoms with Crippen molar-refractivity contribution in [2.45, 2.75) is 17.9 Å². The Bertz CT molecular complexity index is 826. The van der Waals surface area contributed by atoms with Crippen molar-refractivity contribution in [3.8, 4) is 0 Å². The van der Waals surface area contributed by atoms with E-state index in [0.29, 0.717) is 25.7 Å². The predicted molar refractivity (Wildman–Crippen MR) is 120 cm³/mol. The molecule has 0 saturated heterocycles. The van der Waals surface area contributed by atoms with Crippen molar-refractivity contribution in [2.24, 2.45) is 4.99 Å². The molecule has 156 valence electrons. The second kappa shape index (κ2) is 12.8. The lowest BCUT2D eigenvalue weighted by Gasteiger charge is -2.12. The Balaban J connectivity index is 0.00000392. The maximum absolute atomic E-state index is 12.3. The highest BCUT2D eigenvalue weighted by Gasteiger charge is 2.13. The van der Waals surface area contributed by atoms with Gasteiger partial charge in [0.25, 0.3) is 0 Å². The first kappa shape index (κ1) is 24.4. The Morgan fingerprint density at radius 2 is 2.00 bits per heavy atom. The maximum atomic E-state index is 12.3. The van der Waals surface area contributed by atoms with Crippen molar-refractivity contribution in [3.63, 3.8) is 0 Å². The van der Waals surface area contributed by atoms with Crippen LogP contribution >= 0.6 is 24.0 Å². The Morgan fingerprint density at radius 1 is 1.18 bits per heavy atom. The van der Waals surface area contributed by atoms with Crippen LogP contribution in [0.25, 0.3) is 0 Å². The number of halogens is 1. The molecule has 0 unspecified atom stereocenters. The number of nitrogens with zero attached hydrogens (tertiary/aromatic N) is 1. The fourth-order valence-corrected chi connectivity index (χ4v) is 3.43. The van der Waals surface area contributed by atoms with Gasteiger partial charge in [0, 0.05) is 40.2 Å². The Hall–Kier alpha value is -1.63. The summed E-state index contributed by atoms with van der Waals surface area (Å²) in [6, 6.07) is 10.6. The fourth-order valence-electron chi connectivity index (χ4n) is 2.35.